The average Bonchev–Trinajstić information content (AvgIpc) is 2.91. The number of hydrogen-bond donors (Lipinski definition) is 4. The van der Waals surface area contributed by atoms with E-state index < -0.39 is 12.1 Å². The number of quaternary nitrogens is 1. The zero-order valence-electron chi connectivity index (χ0n) is 23.5. The predicted molar refractivity (Wildman–Crippen MR) is 154 cm³/mol. The summed E-state index contributed by atoms with van der Waals surface area (Å²) in [6.07, 6.45) is 0.912. The Morgan fingerprint density at radius 3 is 1.95 bits per heavy atom. The Morgan fingerprint density at radius 1 is 0.821 bits per heavy atom. The van der Waals surface area contributed by atoms with Gasteiger partial charge in [-0.1, -0.05) is 78.9 Å². The molecule has 212 valence electrons. The topological polar surface area (TPSA) is 91.2 Å². The first-order valence-corrected chi connectivity index (χ1v) is 13.8. The Labute approximate surface area is 233 Å². The monoisotopic (exact) mass is 537 g/mol. The molecule has 4 N–H and O–H groups in total. The fourth-order valence-electron chi connectivity index (χ4n) is 5.42. The lowest BCUT2D eigenvalue weighted by atomic mass is 9.98. The standard InChI is InChI=1S/C32H44N2O5/c1-4-38-32(3,34(19-21-35,20-22-36)25-28-15-9-6-10-16-28)39-26(2)33-30(23-27-13-7-5-8-14-27)24-29-17-11-12-18-31(29)37/h5-18,26,30,33,35-36H,4,19-25H2,1-3H3/p+1. The van der Waals surface area contributed by atoms with Gasteiger partial charge < -0.3 is 20.1 Å². The highest BCUT2D eigenvalue weighted by Crippen LogP contribution is 2.32. The molecule has 7 heteroatoms. The molecule has 3 atom stereocenters. The molecular formula is C32H45N2O5+. The minimum absolute atomic E-state index is 0.0340. The number of phenolic OH excluding ortho intramolecular Hbond substituents is 1. The number of nitrogens with one attached hydrogen (secondary N) is 1. The normalized spacial score (nSPS) is 15.0. The maximum atomic E-state index is 10.5. The first-order valence-electron chi connectivity index (χ1n) is 13.8. The van der Waals surface area contributed by atoms with Crippen LogP contribution in [0.15, 0.2) is 84.9 Å². The number of rotatable bonds is 17. The van der Waals surface area contributed by atoms with Gasteiger partial charge in [-0.15, -0.1) is 0 Å². The van der Waals surface area contributed by atoms with Crippen LogP contribution in [0.5, 0.6) is 5.75 Å². The SMILES string of the molecule is CCOC(C)(OC(C)NC(Cc1ccccc1)Cc1ccccc1O)[N+](CCO)(CCO)Cc1ccccc1. The number of benzene rings is 3. The van der Waals surface area contributed by atoms with Gasteiger partial charge >= 0.3 is 5.91 Å². The molecule has 0 bridgehead atoms. The van der Waals surface area contributed by atoms with Crippen LogP contribution < -0.4 is 5.32 Å². The van der Waals surface area contributed by atoms with Crippen molar-refractivity contribution in [2.45, 2.75) is 58.3 Å². The molecule has 3 rings (SSSR count). The molecule has 3 aromatic carbocycles. The molecule has 0 aliphatic carbocycles. The van der Waals surface area contributed by atoms with Gasteiger partial charge in [0.25, 0.3) is 0 Å². The highest BCUT2D eigenvalue weighted by Gasteiger charge is 2.50. The van der Waals surface area contributed by atoms with Crippen LogP contribution in [-0.4, -0.2) is 70.9 Å². The van der Waals surface area contributed by atoms with Gasteiger partial charge in [0.2, 0.25) is 0 Å². The van der Waals surface area contributed by atoms with E-state index in [1.807, 2.05) is 87.5 Å². The van der Waals surface area contributed by atoms with Crippen molar-refractivity contribution >= 4 is 0 Å². The first-order chi connectivity index (χ1) is 18.8. The van der Waals surface area contributed by atoms with Crippen molar-refractivity contribution in [2.75, 3.05) is 32.9 Å². The van der Waals surface area contributed by atoms with Crippen molar-refractivity contribution in [1.29, 1.82) is 0 Å². The summed E-state index contributed by atoms with van der Waals surface area (Å²) < 4.78 is 13.2. The second-order valence-corrected chi connectivity index (χ2v) is 10.2. The second-order valence-electron chi connectivity index (χ2n) is 10.2. The lowest BCUT2D eigenvalue weighted by Crippen LogP contribution is -2.68. The van der Waals surface area contributed by atoms with Crippen molar-refractivity contribution in [1.82, 2.24) is 5.32 Å². The minimum atomic E-state index is -1.16. The molecule has 39 heavy (non-hydrogen) atoms. The summed E-state index contributed by atoms with van der Waals surface area (Å²) in [5, 5.41) is 34.3. The summed E-state index contributed by atoms with van der Waals surface area (Å²) in [6, 6.07) is 27.6. The smallest absolute Gasteiger partial charge is 0.317 e. The second kappa shape index (κ2) is 15.1. The molecule has 7 nitrogen and oxygen atoms in total. The van der Waals surface area contributed by atoms with Crippen LogP contribution in [0.4, 0.5) is 0 Å². The van der Waals surface area contributed by atoms with Gasteiger partial charge in [-0.25, -0.2) is 0 Å². The third-order valence-electron chi connectivity index (χ3n) is 7.31. The lowest BCUT2D eigenvalue weighted by Gasteiger charge is -2.50. The summed E-state index contributed by atoms with van der Waals surface area (Å²) in [5.41, 5.74) is 3.11. The third-order valence-corrected chi connectivity index (χ3v) is 7.31. The highest BCUT2D eigenvalue weighted by atomic mass is 16.7. The fraction of sp³-hybridized carbons (Fsp3) is 0.438. The van der Waals surface area contributed by atoms with E-state index in [9.17, 15) is 15.3 Å². The predicted octanol–water partition coefficient (Wildman–Crippen LogP) is 4.21. The molecule has 0 fully saturated rings. The van der Waals surface area contributed by atoms with Crippen LogP contribution in [0.25, 0.3) is 0 Å². The van der Waals surface area contributed by atoms with Gasteiger partial charge in [-0.05, 0) is 43.9 Å². The number of hydrogen-bond acceptors (Lipinski definition) is 6. The van der Waals surface area contributed by atoms with Gasteiger partial charge in [0.1, 0.15) is 31.6 Å². The Hall–Kier alpha value is -2.78. The molecule has 0 aliphatic heterocycles. The Bertz CT molecular complexity index is 1090. The molecule has 0 spiro atoms. The number of aliphatic hydroxyl groups excluding tert-OH is 2. The van der Waals surface area contributed by atoms with Gasteiger partial charge in [0, 0.05) is 18.5 Å². The summed E-state index contributed by atoms with van der Waals surface area (Å²) >= 11 is 0. The Morgan fingerprint density at radius 2 is 1.38 bits per heavy atom. The van der Waals surface area contributed by atoms with Crippen LogP contribution in [-0.2, 0) is 28.9 Å². The quantitative estimate of drug-likeness (QED) is 0.152. The van der Waals surface area contributed by atoms with E-state index in [1.165, 1.54) is 5.56 Å². The van der Waals surface area contributed by atoms with Gasteiger partial charge in [0.05, 0.1) is 19.8 Å². The maximum absolute atomic E-state index is 10.5. The van der Waals surface area contributed by atoms with E-state index in [4.69, 9.17) is 9.47 Å². The molecule has 3 unspecified atom stereocenters. The highest BCUT2D eigenvalue weighted by molar-refractivity contribution is 5.32. The van der Waals surface area contributed by atoms with Gasteiger partial charge in [-0.3, -0.25) is 14.5 Å². The van der Waals surface area contributed by atoms with Crippen molar-refractivity contribution in [3.05, 3.63) is 102 Å². The number of para-hydroxylation sites is 1. The van der Waals surface area contributed by atoms with Crippen molar-refractivity contribution in [3.63, 3.8) is 0 Å². The van der Waals surface area contributed by atoms with Gasteiger partial charge in [-0.2, -0.15) is 0 Å². The molecule has 0 saturated heterocycles. The van der Waals surface area contributed by atoms with E-state index in [1.54, 1.807) is 6.07 Å². The average molecular weight is 538 g/mol. The summed E-state index contributed by atoms with van der Waals surface area (Å²) in [5.74, 6) is -0.885. The largest absolute Gasteiger partial charge is 0.508 e. The van der Waals surface area contributed by atoms with Crippen LogP contribution in [0.2, 0.25) is 0 Å². The number of phenols is 1. The molecule has 0 heterocycles. The molecule has 0 radical (unpaired) electrons. The van der Waals surface area contributed by atoms with Crippen LogP contribution >= 0.6 is 0 Å². The number of ether oxygens (including phenoxy) is 2. The zero-order valence-corrected chi connectivity index (χ0v) is 23.5. The number of nitrogens with zero attached hydrogens (tertiary/aromatic N) is 1. The fourth-order valence-corrected chi connectivity index (χ4v) is 5.42. The van der Waals surface area contributed by atoms with Crippen LogP contribution in [0, 0.1) is 0 Å². The Balaban J connectivity index is 1.88. The Kier molecular flexibility index (Phi) is 11.9. The number of aliphatic hydroxyl groups is 2. The molecular weight excluding hydrogens is 492 g/mol. The third kappa shape index (κ3) is 8.60. The van der Waals surface area contributed by atoms with E-state index in [0.29, 0.717) is 32.7 Å². The summed E-state index contributed by atoms with van der Waals surface area (Å²) in [4.78, 5) is 0. The molecule has 0 aromatic heterocycles. The summed E-state index contributed by atoms with van der Waals surface area (Å²) in [7, 11) is 0. The molecule has 0 aliphatic rings. The van der Waals surface area contributed by atoms with E-state index in [0.717, 1.165) is 17.5 Å². The van der Waals surface area contributed by atoms with Crippen LogP contribution in [0.1, 0.15) is 37.5 Å². The van der Waals surface area contributed by atoms with Gasteiger partial charge in [0.15, 0.2) is 0 Å². The maximum Gasteiger partial charge on any atom is 0.317 e. The van der Waals surface area contributed by atoms with E-state index in [2.05, 4.69) is 17.4 Å². The lowest BCUT2D eigenvalue weighted by molar-refractivity contribution is -1.04. The van der Waals surface area contributed by atoms with Crippen molar-refractivity contribution < 1.29 is 29.3 Å². The molecule has 0 saturated carbocycles. The van der Waals surface area contributed by atoms with Crippen LogP contribution in [0.3, 0.4) is 0 Å². The summed E-state index contributed by atoms with van der Waals surface area (Å²) in [6.45, 7) is 7.25. The van der Waals surface area contributed by atoms with E-state index >= 15 is 0 Å². The minimum Gasteiger partial charge on any atom is -0.508 e. The van der Waals surface area contributed by atoms with E-state index in [-0.39, 0.29) is 29.5 Å². The molecule has 3 aromatic rings. The number of aromatic hydroxyl groups is 1. The van der Waals surface area contributed by atoms with Crippen molar-refractivity contribution in [3.8, 4) is 5.75 Å². The molecule has 0 amide bonds. The first kappa shape index (κ1) is 30.8. The zero-order chi connectivity index (χ0) is 28.1. The van der Waals surface area contributed by atoms with Crippen molar-refractivity contribution in [2.24, 2.45) is 0 Å².